The number of esters is 1. The number of rotatable bonds is 16. The fraction of sp³-hybridized carbons (Fsp3) is 0.467. The summed E-state index contributed by atoms with van der Waals surface area (Å²) < 4.78 is 10.4. The maximum Gasteiger partial charge on any atom is 0.338 e. The van der Waals surface area contributed by atoms with E-state index in [1.165, 1.54) is 68.2 Å². The van der Waals surface area contributed by atoms with Gasteiger partial charge in [0.25, 0.3) is 6.47 Å². The molecule has 4 nitrogen and oxygen atoms in total. The Kier molecular flexibility index (Phi) is 11.7. The molecule has 2 aromatic heterocycles. The minimum Gasteiger partial charge on any atom is -0.465 e. The van der Waals surface area contributed by atoms with Crippen LogP contribution in [-0.2, 0) is 33.7 Å². The van der Waals surface area contributed by atoms with Crippen molar-refractivity contribution >= 4 is 35.1 Å². The first-order valence-electron chi connectivity index (χ1n) is 13.1. The summed E-state index contributed by atoms with van der Waals surface area (Å²) in [6, 6.07) is 12.4. The molecule has 0 unspecified atom stereocenters. The highest BCUT2D eigenvalue weighted by molar-refractivity contribution is 7.15. The minimum absolute atomic E-state index is 0.159. The first kappa shape index (κ1) is 28.1. The van der Waals surface area contributed by atoms with Crippen molar-refractivity contribution in [2.24, 2.45) is 0 Å². The van der Waals surface area contributed by atoms with Crippen molar-refractivity contribution in [2.45, 2.75) is 84.7 Å². The van der Waals surface area contributed by atoms with Crippen LogP contribution in [0, 0.1) is 0 Å². The average Bonchev–Trinajstić information content (AvgIpc) is 3.57. The highest BCUT2D eigenvalue weighted by Gasteiger charge is 2.21. The van der Waals surface area contributed by atoms with E-state index in [2.05, 4.69) is 38.1 Å². The van der Waals surface area contributed by atoms with Crippen molar-refractivity contribution in [1.82, 2.24) is 0 Å². The lowest BCUT2D eigenvalue weighted by atomic mass is 9.96. The fourth-order valence-electron chi connectivity index (χ4n) is 4.37. The molecule has 3 aromatic rings. The topological polar surface area (TPSA) is 52.6 Å². The molecule has 0 amide bonds. The second-order valence-corrected chi connectivity index (χ2v) is 11.4. The van der Waals surface area contributed by atoms with Gasteiger partial charge < -0.3 is 9.47 Å². The van der Waals surface area contributed by atoms with E-state index >= 15 is 0 Å². The summed E-state index contributed by atoms with van der Waals surface area (Å²) in [7, 11) is 1.42. The Morgan fingerprint density at radius 1 is 0.806 bits per heavy atom. The van der Waals surface area contributed by atoms with Crippen molar-refractivity contribution in [2.75, 3.05) is 7.11 Å². The van der Waals surface area contributed by atoms with Crippen LogP contribution in [0.3, 0.4) is 0 Å². The van der Waals surface area contributed by atoms with Crippen LogP contribution in [0.15, 0.2) is 36.4 Å². The van der Waals surface area contributed by atoms with Gasteiger partial charge in [0.15, 0.2) is 0 Å². The number of ether oxygens (including phenoxy) is 2. The zero-order chi connectivity index (χ0) is 25.8. The van der Waals surface area contributed by atoms with Gasteiger partial charge in [0.05, 0.1) is 12.7 Å². The van der Waals surface area contributed by atoms with Gasteiger partial charge in [0.1, 0.15) is 6.61 Å². The van der Waals surface area contributed by atoms with Crippen LogP contribution in [0.5, 0.6) is 0 Å². The third kappa shape index (κ3) is 7.78. The number of hydrogen-bond donors (Lipinski definition) is 0. The van der Waals surface area contributed by atoms with Crippen molar-refractivity contribution in [1.29, 1.82) is 0 Å². The molecule has 0 N–H and O–H groups in total. The van der Waals surface area contributed by atoms with E-state index in [9.17, 15) is 9.59 Å². The number of thiophene rings is 2. The van der Waals surface area contributed by atoms with Crippen molar-refractivity contribution in [3.63, 3.8) is 0 Å². The molecule has 0 atom stereocenters. The molecule has 3 rings (SSSR count). The summed E-state index contributed by atoms with van der Waals surface area (Å²) >= 11 is 3.47. The number of aryl methyl sites for hydroxylation is 2. The van der Waals surface area contributed by atoms with Crippen molar-refractivity contribution in [3.05, 3.63) is 57.3 Å². The lowest BCUT2D eigenvalue weighted by molar-refractivity contribution is -0.129. The first-order valence-corrected chi connectivity index (χ1v) is 14.7. The Balaban J connectivity index is 1.95. The number of unbranched alkanes of at least 4 members (excludes halogenated alkanes) is 6. The van der Waals surface area contributed by atoms with Crippen LogP contribution in [0.25, 0.3) is 20.9 Å². The van der Waals surface area contributed by atoms with Crippen molar-refractivity contribution < 1.29 is 19.1 Å². The Morgan fingerprint density at radius 3 is 1.92 bits per heavy atom. The molecule has 1 aromatic carbocycles. The predicted octanol–water partition coefficient (Wildman–Crippen LogP) is 8.85. The van der Waals surface area contributed by atoms with E-state index in [4.69, 9.17) is 9.47 Å². The Hall–Kier alpha value is -2.44. The zero-order valence-electron chi connectivity index (χ0n) is 21.8. The molecule has 0 spiro atoms. The zero-order valence-corrected chi connectivity index (χ0v) is 23.4. The first-order chi connectivity index (χ1) is 17.6. The van der Waals surface area contributed by atoms with Gasteiger partial charge in [-0.1, -0.05) is 52.4 Å². The van der Waals surface area contributed by atoms with Crippen LogP contribution in [0.4, 0.5) is 0 Å². The lowest BCUT2D eigenvalue weighted by Crippen LogP contribution is -2.06. The Bertz CT molecular complexity index is 1110. The summed E-state index contributed by atoms with van der Waals surface area (Å²) in [6.07, 6.45) is 11.9. The molecule has 0 saturated carbocycles. The molecule has 2 heterocycles. The molecule has 0 fully saturated rings. The Morgan fingerprint density at radius 2 is 1.39 bits per heavy atom. The molecule has 36 heavy (non-hydrogen) atoms. The van der Waals surface area contributed by atoms with Crippen LogP contribution in [-0.4, -0.2) is 19.6 Å². The molecule has 0 saturated heterocycles. The largest absolute Gasteiger partial charge is 0.465 e. The SMILES string of the molecule is CCCCCCc1ccc(-c2cc(C(=O)OC)c(-c3ccc(CCCCCC)s3)cc2COC=O)s1. The molecule has 0 aliphatic heterocycles. The van der Waals surface area contributed by atoms with Gasteiger partial charge >= 0.3 is 5.97 Å². The molecular weight excluding hydrogens is 488 g/mol. The smallest absolute Gasteiger partial charge is 0.338 e. The second kappa shape index (κ2) is 15.0. The number of carbonyl (C=O) groups is 2. The summed E-state index contributed by atoms with van der Waals surface area (Å²) in [4.78, 5) is 28.7. The van der Waals surface area contributed by atoms with E-state index < -0.39 is 0 Å². The van der Waals surface area contributed by atoms with Gasteiger partial charge in [-0.25, -0.2) is 4.79 Å². The summed E-state index contributed by atoms with van der Waals surface area (Å²) in [5.74, 6) is -0.358. The van der Waals surface area contributed by atoms with Crippen molar-refractivity contribution in [3.8, 4) is 20.9 Å². The van der Waals surface area contributed by atoms with Gasteiger partial charge in [0.2, 0.25) is 0 Å². The van der Waals surface area contributed by atoms with Crippen LogP contribution in [0.1, 0.15) is 90.9 Å². The van der Waals surface area contributed by atoms with Crippen LogP contribution in [0.2, 0.25) is 0 Å². The van der Waals surface area contributed by atoms with E-state index in [0.717, 1.165) is 39.3 Å². The van der Waals surface area contributed by atoms with E-state index in [1.54, 1.807) is 22.7 Å². The van der Waals surface area contributed by atoms with Gasteiger partial charge in [-0.3, -0.25) is 4.79 Å². The van der Waals surface area contributed by atoms with Gasteiger partial charge in [0, 0.05) is 25.1 Å². The summed E-state index contributed by atoms with van der Waals surface area (Å²) in [5.41, 5.74) is 3.18. The van der Waals surface area contributed by atoms with Crippen LogP contribution >= 0.6 is 22.7 Å². The highest BCUT2D eigenvalue weighted by Crippen LogP contribution is 2.39. The summed E-state index contributed by atoms with van der Waals surface area (Å²) in [6.45, 7) is 5.08. The quantitative estimate of drug-likeness (QED) is 0.106. The number of hydrogen-bond acceptors (Lipinski definition) is 6. The predicted molar refractivity (Wildman–Crippen MR) is 151 cm³/mol. The normalized spacial score (nSPS) is 11.0. The van der Waals surface area contributed by atoms with E-state index in [1.807, 2.05) is 12.1 Å². The number of carbonyl (C=O) groups excluding carboxylic acids is 2. The third-order valence-corrected chi connectivity index (χ3v) is 8.72. The highest BCUT2D eigenvalue weighted by atomic mass is 32.1. The monoisotopic (exact) mass is 526 g/mol. The standard InChI is InChI=1S/C30H38O4S2/c1-4-6-8-10-12-23-14-16-28(35-23)25-19-27(30(32)33-3)26(18-22(25)20-34-21-31)29-17-15-24(36-29)13-11-9-7-5-2/h14-19,21H,4-13,20H2,1-3H3. The molecule has 6 heteroatoms. The summed E-state index contributed by atoms with van der Waals surface area (Å²) in [5, 5.41) is 0. The van der Waals surface area contributed by atoms with Gasteiger partial charge in [-0.15, -0.1) is 22.7 Å². The molecule has 0 aliphatic rings. The second-order valence-electron chi connectivity index (χ2n) is 9.11. The molecule has 0 radical (unpaired) electrons. The Labute approximate surface area is 223 Å². The van der Waals surface area contributed by atoms with Crippen LogP contribution < -0.4 is 0 Å². The molecule has 0 bridgehead atoms. The molecule has 0 aliphatic carbocycles. The van der Waals surface area contributed by atoms with E-state index in [-0.39, 0.29) is 12.6 Å². The maximum atomic E-state index is 12.9. The van der Waals surface area contributed by atoms with Gasteiger partial charge in [-0.2, -0.15) is 0 Å². The lowest BCUT2D eigenvalue weighted by Gasteiger charge is -2.14. The maximum absolute atomic E-state index is 12.9. The number of methoxy groups -OCH3 is 1. The van der Waals surface area contributed by atoms with E-state index in [0.29, 0.717) is 12.0 Å². The fourth-order valence-corrected chi connectivity index (χ4v) is 6.55. The molecular formula is C30H38O4S2. The average molecular weight is 527 g/mol. The molecule has 194 valence electrons. The number of benzene rings is 1. The third-order valence-electron chi connectivity index (χ3n) is 6.36. The van der Waals surface area contributed by atoms with Gasteiger partial charge in [-0.05, 0) is 73.2 Å². The minimum atomic E-state index is -0.358.